The van der Waals surface area contributed by atoms with Crippen molar-refractivity contribution in [2.24, 2.45) is 0 Å². The van der Waals surface area contributed by atoms with Crippen LogP contribution >= 0.6 is 22.6 Å². The molecule has 6 heteroatoms. The van der Waals surface area contributed by atoms with Crippen LogP contribution in [0.2, 0.25) is 0 Å². The van der Waals surface area contributed by atoms with Crippen molar-refractivity contribution in [3.05, 3.63) is 56.4 Å². The molecule has 104 valence electrons. The van der Waals surface area contributed by atoms with E-state index in [1.54, 1.807) is 6.07 Å². The van der Waals surface area contributed by atoms with Crippen LogP contribution in [0.3, 0.4) is 0 Å². The largest absolute Gasteiger partial charge is 0.486 e. The number of ether oxygens (including phenoxy) is 1. The average Bonchev–Trinajstić information content (AvgIpc) is 2.47. The summed E-state index contributed by atoms with van der Waals surface area (Å²) in [7, 11) is 0. The van der Waals surface area contributed by atoms with Gasteiger partial charge in [0.05, 0.1) is 32.5 Å². The SMILES string of the molecule is N#Cc1ccc(COc2c(N)cc(C#N)cc2I)c(F)c1. The van der Waals surface area contributed by atoms with Crippen LogP contribution in [0.1, 0.15) is 16.7 Å². The highest BCUT2D eigenvalue weighted by Gasteiger charge is 2.10. The van der Waals surface area contributed by atoms with Crippen LogP contribution in [-0.2, 0) is 6.61 Å². The summed E-state index contributed by atoms with van der Waals surface area (Å²) in [6, 6.07) is 11.2. The molecule has 0 bridgehead atoms. The van der Waals surface area contributed by atoms with Gasteiger partial charge in [0, 0.05) is 5.56 Å². The highest BCUT2D eigenvalue weighted by molar-refractivity contribution is 14.1. The summed E-state index contributed by atoms with van der Waals surface area (Å²) in [6.07, 6.45) is 0. The van der Waals surface area contributed by atoms with Crippen LogP contribution in [-0.4, -0.2) is 0 Å². The summed E-state index contributed by atoms with van der Waals surface area (Å²) in [5, 5.41) is 17.5. The highest BCUT2D eigenvalue weighted by Crippen LogP contribution is 2.30. The Morgan fingerprint density at radius 2 is 1.86 bits per heavy atom. The van der Waals surface area contributed by atoms with E-state index < -0.39 is 5.82 Å². The number of anilines is 1. The molecule has 4 nitrogen and oxygen atoms in total. The normalized spacial score (nSPS) is 9.71. The Bertz CT molecular complexity index is 754. The fourth-order valence-electron chi connectivity index (χ4n) is 1.72. The van der Waals surface area contributed by atoms with Crippen molar-refractivity contribution < 1.29 is 9.13 Å². The molecule has 0 radical (unpaired) electrons. The second-order valence-corrected chi connectivity index (χ2v) is 5.36. The fourth-order valence-corrected chi connectivity index (χ4v) is 2.52. The Hall–Kier alpha value is -2.32. The van der Waals surface area contributed by atoms with Gasteiger partial charge in [0.2, 0.25) is 0 Å². The molecule has 0 unspecified atom stereocenters. The van der Waals surface area contributed by atoms with Crippen molar-refractivity contribution in [3.63, 3.8) is 0 Å². The van der Waals surface area contributed by atoms with E-state index in [2.05, 4.69) is 0 Å². The number of hydrogen-bond donors (Lipinski definition) is 1. The zero-order chi connectivity index (χ0) is 15.4. The third-order valence-electron chi connectivity index (χ3n) is 2.76. The van der Waals surface area contributed by atoms with Crippen molar-refractivity contribution in [3.8, 4) is 17.9 Å². The van der Waals surface area contributed by atoms with Gasteiger partial charge in [-0.15, -0.1) is 0 Å². The topological polar surface area (TPSA) is 82.8 Å². The van der Waals surface area contributed by atoms with Gasteiger partial charge in [0.1, 0.15) is 12.4 Å². The molecule has 0 aliphatic carbocycles. The van der Waals surface area contributed by atoms with Gasteiger partial charge in [-0.1, -0.05) is 6.07 Å². The van der Waals surface area contributed by atoms with E-state index in [-0.39, 0.29) is 12.2 Å². The van der Waals surface area contributed by atoms with E-state index in [1.165, 1.54) is 18.2 Å². The molecule has 2 N–H and O–H groups in total. The van der Waals surface area contributed by atoms with E-state index >= 15 is 0 Å². The lowest BCUT2D eigenvalue weighted by Crippen LogP contribution is -2.03. The molecule has 0 heterocycles. The minimum atomic E-state index is -0.503. The first-order valence-corrected chi connectivity index (χ1v) is 6.93. The maximum atomic E-state index is 13.8. The number of nitrogens with two attached hydrogens (primary N) is 1. The van der Waals surface area contributed by atoms with E-state index in [1.807, 2.05) is 34.7 Å². The zero-order valence-corrected chi connectivity index (χ0v) is 12.9. The molecule has 0 aromatic heterocycles. The van der Waals surface area contributed by atoms with Crippen molar-refractivity contribution in [2.75, 3.05) is 5.73 Å². The van der Waals surface area contributed by atoms with Gasteiger partial charge >= 0.3 is 0 Å². The van der Waals surface area contributed by atoms with Crippen LogP contribution < -0.4 is 10.5 Å². The lowest BCUT2D eigenvalue weighted by molar-refractivity contribution is 0.299. The Morgan fingerprint density at radius 3 is 2.43 bits per heavy atom. The maximum Gasteiger partial charge on any atom is 0.156 e. The lowest BCUT2D eigenvalue weighted by atomic mass is 10.1. The van der Waals surface area contributed by atoms with E-state index in [9.17, 15) is 4.39 Å². The molecule has 2 aromatic rings. The van der Waals surface area contributed by atoms with E-state index in [4.69, 9.17) is 21.0 Å². The summed E-state index contributed by atoms with van der Waals surface area (Å²) >= 11 is 2.00. The third-order valence-corrected chi connectivity index (χ3v) is 3.56. The predicted molar refractivity (Wildman–Crippen MR) is 83.7 cm³/mol. The summed E-state index contributed by atoms with van der Waals surface area (Å²) in [6.45, 7) is -0.0103. The number of nitrogen functional groups attached to an aromatic ring is 1. The summed E-state index contributed by atoms with van der Waals surface area (Å²) in [5.41, 5.74) is 7.17. The molecular formula is C15H9FIN3O. The molecule has 0 aliphatic rings. The van der Waals surface area contributed by atoms with Gasteiger partial charge in [-0.2, -0.15) is 10.5 Å². The van der Waals surface area contributed by atoms with Gasteiger partial charge in [-0.3, -0.25) is 0 Å². The van der Waals surface area contributed by atoms with Crippen LogP contribution in [0.25, 0.3) is 0 Å². The lowest BCUT2D eigenvalue weighted by Gasteiger charge is -2.12. The van der Waals surface area contributed by atoms with Crippen molar-refractivity contribution >= 4 is 28.3 Å². The third kappa shape index (κ3) is 3.41. The second kappa shape index (κ2) is 6.42. The Labute approximate surface area is 134 Å². The summed E-state index contributed by atoms with van der Waals surface area (Å²) < 4.78 is 20.0. The molecule has 0 aliphatic heterocycles. The molecule has 0 saturated carbocycles. The van der Waals surface area contributed by atoms with E-state index in [0.717, 1.165) is 6.07 Å². The Morgan fingerprint density at radius 1 is 1.14 bits per heavy atom. The number of nitriles is 2. The maximum absolute atomic E-state index is 13.8. The van der Waals surface area contributed by atoms with Crippen LogP contribution in [0.4, 0.5) is 10.1 Å². The quantitative estimate of drug-likeness (QED) is 0.641. The highest BCUT2D eigenvalue weighted by atomic mass is 127. The second-order valence-electron chi connectivity index (χ2n) is 4.19. The van der Waals surface area contributed by atoms with E-state index in [0.29, 0.717) is 26.1 Å². The Balaban J connectivity index is 2.21. The number of hydrogen-bond acceptors (Lipinski definition) is 4. The number of nitrogens with zero attached hydrogens (tertiary/aromatic N) is 2. The zero-order valence-electron chi connectivity index (χ0n) is 10.7. The Kier molecular flexibility index (Phi) is 4.61. The number of rotatable bonds is 3. The van der Waals surface area contributed by atoms with Crippen LogP contribution in [0.5, 0.6) is 5.75 Å². The van der Waals surface area contributed by atoms with Gasteiger partial charge < -0.3 is 10.5 Å². The van der Waals surface area contributed by atoms with Gasteiger partial charge in [0.15, 0.2) is 5.75 Å². The first-order valence-electron chi connectivity index (χ1n) is 5.85. The first kappa shape index (κ1) is 15.1. The molecule has 0 saturated heterocycles. The molecule has 0 fully saturated rings. The standard InChI is InChI=1S/C15H9FIN3O/c16-12-3-9(6-18)1-2-11(12)8-21-15-13(17)4-10(7-19)5-14(15)20/h1-5H,8,20H2. The van der Waals surface area contributed by atoms with Crippen LogP contribution in [0.15, 0.2) is 30.3 Å². The number of halogens is 2. The minimum absolute atomic E-state index is 0.0103. The summed E-state index contributed by atoms with van der Waals surface area (Å²) in [4.78, 5) is 0. The molecule has 0 amide bonds. The minimum Gasteiger partial charge on any atom is -0.486 e. The van der Waals surface area contributed by atoms with Gasteiger partial charge in [-0.25, -0.2) is 4.39 Å². The molecule has 2 aromatic carbocycles. The van der Waals surface area contributed by atoms with Crippen molar-refractivity contribution in [1.29, 1.82) is 10.5 Å². The average molecular weight is 393 g/mol. The molecule has 21 heavy (non-hydrogen) atoms. The smallest absolute Gasteiger partial charge is 0.156 e. The fraction of sp³-hybridized carbons (Fsp3) is 0.0667. The summed E-state index contributed by atoms with van der Waals surface area (Å²) in [5.74, 6) is -0.0883. The van der Waals surface area contributed by atoms with Crippen molar-refractivity contribution in [1.82, 2.24) is 0 Å². The van der Waals surface area contributed by atoms with Gasteiger partial charge in [-0.05, 0) is 46.9 Å². The number of benzene rings is 2. The molecule has 0 atom stereocenters. The molecular weight excluding hydrogens is 384 g/mol. The predicted octanol–water partition coefficient (Wildman–Crippen LogP) is 3.33. The molecule has 2 rings (SSSR count). The van der Waals surface area contributed by atoms with Crippen molar-refractivity contribution in [2.45, 2.75) is 6.61 Å². The monoisotopic (exact) mass is 393 g/mol. The van der Waals surface area contributed by atoms with Gasteiger partial charge in [0.25, 0.3) is 0 Å². The molecule has 0 spiro atoms. The first-order chi connectivity index (χ1) is 10.0. The van der Waals surface area contributed by atoms with Crippen LogP contribution in [0, 0.1) is 32.0 Å².